The second kappa shape index (κ2) is 8.37. The van der Waals surface area contributed by atoms with E-state index in [1.165, 1.54) is 12.1 Å². The van der Waals surface area contributed by atoms with Crippen LogP contribution in [0, 0.1) is 12.7 Å². The number of urea groups is 1. The van der Waals surface area contributed by atoms with Crippen molar-refractivity contribution in [2.45, 2.75) is 19.9 Å². The molecule has 1 aliphatic heterocycles. The summed E-state index contributed by atoms with van der Waals surface area (Å²) in [6.45, 7) is 2.86. The van der Waals surface area contributed by atoms with Crippen LogP contribution in [0.2, 0.25) is 0 Å². The van der Waals surface area contributed by atoms with E-state index in [2.05, 4.69) is 10.6 Å². The number of para-hydroxylation sites is 1. The molecule has 3 amide bonds. The number of carbonyl (C=O) groups is 2. The number of halogens is 1. The van der Waals surface area contributed by atoms with E-state index in [9.17, 15) is 14.0 Å². The van der Waals surface area contributed by atoms with Crippen molar-refractivity contribution in [2.24, 2.45) is 0 Å². The lowest BCUT2D eigenvalue weighted by molar-refractivity contribution is 0.0989. The average Bonchev–Trinajstić information content (AvgIpc) is 3.16. The zero-order chi connectivity index (χ0) is 21.1. The van der Waals surface area contributed by atoms with Gasteiger partial charge in [-0.1, -0.05) is 42.0 Å². The van der Waals surface area contributed by atoms with Gasteiger partial charge in [0.1, 0.15) is 5.82 Å². The van der Waals surface area contributed by atoms with Crippen LogP contribution in [0.5, 0.6) is 0 Å². The van der Waals surface area contributed by atoms with E-state index >= 15 is 0 Å². The van der Waals surface area contributed by atoms with Crippen LogP contribution in [0.3, 0.4) is 0 Å². The molecule has 0 aromatic heterocycles. The Labute approximate surface area is 174 Å². The Morgan fingerprint density at radius 2 is 1.87 bits per heavy atom. The van der Waals surface area contributed by atoms with E-state index in [1.54, 1.807) is 17.0 Å². The molecule has 1 aliphatic rings. The molecule has 2 N–H and O–H groups in total. The van der Waals surface area contributed by atoms with Crippen LogP contribution in [0.4, 0.5) is 20.6 Å². The van der Waals surface area contributed by atoms with Gasteiger partial charge in [-0.25, -0.2) is 9.18 Å². The fourth-order valence-electron chi connectivity index (χ4n) is 3.59. The van der Waals surface area contributed by atoms with Gasteiger partial charge in [0, 0.05) is 24.3 Å². The first-order valence-corrected chi connectivity index (χ1v) is 9.81. The monoisotopic (exact) mass is 403 g/mol. The third kappa shape index (κ3) is 4.17. The molecule has 30 heavy (non-hydrogen) atoms. The summed E-state index contributed by atoms with van der Waals surface area (Å²) in [5.41, 5.74) is 4.67. The zero-order valence-electron chi connectivity index (χ0n) is 16.6. The highest BCUT2D eigenvalue weighted by atomic mass is 19.1. The van der Waals surface area contributed by atoms with E-state index in [4.69, 9.17) is 0 Å². The van der Waals surface area contributed by atoms with Gasteiger partial charge in [-0.2, -0.15) is 0 Å². The van der Waals surface area contributed by atoms with Crippen LogP contribution in [0.25, 0.3) is 0 Å². The minimum absolute atomic E-state index is 0.0279. The molecule has 0 aliphatic carbocycles. The Kier molecular flexibility index (Phi) is 5.48. The molecule has 152 valence electrons. The number of rotatable bonds is 4. The fourth-order valence-corrected chi connectivity index (χ4v) is 3.59. The van der Waals surface area contributed by atoms with Crippen molar-refractivity contribution in [1.82, 2.24) is 5.32 Å². The molecule has 6 heteroatoms. The van der Waals surface area contributed by atoms with Gasteiger partial charge in [-0.3, -0.25) is 4.79 Å². The van der Waals surface area contributed by atoms with Crippen LogP contribution in [0.1, 0.15) is 27.0 Å². The van der Waals surface area contributed by atoms with Gasteiger partial charge in [0.2, 0.25) is 0 Å². The number of benzene rings is 3. The van der Waals surface area contributed by atoms with Crippen LogP contribution < -0.4 is 15.5 Å². The fraction of sp³-hybridized carbons (Fsp3) is 0.167. The second-order valence-corrected chi connectivity index (χ2v) is 7.33. The molecule has 0 unspecified atom stereocenters. The maximum Gasteiger partial charge on any atom is 0.319 e. The number of carbonyl (C=O) groups excluding carboxylic acids is 2. The summed E-state index contributed by atoms with van der Waals surface area (Å²) in [5.74, 6) is -0.518. The number of fused-ring (bicyclic) bond motifs is 1. The van der Waals surface area contributed by atoms with Crippen molar-refractivity contribution < 1.29 is 14.0 Å². The van der Waals surface area contributed by atoms with Crippen LogP contribution in [-0.4, -0.2) is 18.5 Å². The molecule has 0 saturated carbocycles. The minimum Gasteiger partial charge on any atom is -0.334 e. The summed E-state index contributed by atoms with van der Waals surface area (Å²) in [6.07, 6.45) is 0.800. The molecule has 0 radical (unpaired) electrons. The molecule has 5 nitrogen and oxygen atoms in total. The van der Waals surface area contributed by atoms with Gasteiger partial charge in [0.25, 0.3) is 5.91 Å². The topological polar surface area (TPSA) is 61.4 Å². The van der Waals surface area contributed by atoms with Crippen molar-refractivity contribution >= 4 is 23.3 Å². The van der Waals surface area contributed by atoms with Crippen LogP contribution >= 0.6 is 0 Å². The molecule has 3 aromatic carbocycles. The predicted octanol–water partition coefficient (Wildman–Crippen LogP) is 4.66. The average molecular weight is 403 g/mol. The number of aryl methyl sites for hydroxylation is 1. The van der Waals surface area contributed by atoms with Crippen molar-refractivity contribution in [1.29, 1.82) is 0 Å². The summed E-state index contributed by atoms with van der Waals surface area (Å²) in [7, 11) is 0. The lowest BCUT2D eigenvalue weighted by atomic mass is 10.1. The Morgan fingerprint density at radius 1 is 1.03 bits per heavy atom. The molecule has 1 heterocycles. The smallest absolute Gasteiger partial charge is 0.319 e. The second-order valence-electron chi connectivity index (χ2n) is 7.33. The van der Waals surface area contributed by atoms with E-state index in [-0.39, 0.29) is 18.1 Å². The number of nitrogens with zero attached hydrogens (tertiary/aromatic N) is 1. The van der Waals surface area contributed by atoms with Crippen LogP contribution in [0.15, 0.2) is 66.7 Å². The first kappa shape index (κ1) is 19.6. The number of amides is 3. The van der Waals surface area contributed by atoms with E-state index in [0.29, 0.717) is 12.1 Å². The first-order valence-electron chi connectivity index (χ1n) is 9.81. The largest absolute Gasteiger partial charge is 0.334 e. The standard InChI is InChI=1S/C24H22FN3O2/c1-16-5-4-6-19(13-16)23(29)28-12-11-18-10-9-17(14-22(18)28)15-26-24(30)27-21-8-3-2-7-20(21)25/h2-10,13-14H,11-12,15H2,1H3,(H2,26,27,30). The van der Waals surface area contributed by atoms with E-state index < -0.39 is 11.8 Å². The lowest BCUT2D eigenvalue weighted by Crippen LogP contribution is -2.30. The summed E-state index contributed by atoms with van der Waals surface area (Å²) in [4.78, 5) is 26.9. The number of nitrogens with one attached hydrogen (secondary N) is 2. The molecular weight excluding hydrogens is 381 g/mol. The molecule has 0 saturated heterocycles. The molecule has 0 bridgehead atoms. The van der Waals surface area contributed by atoms with E-state index in [1.807, 2.05) is 49.4 Å². The van der Waals surface area contributed by atoms with Gasteiger partial charge in [-0.15, -0.1) is 0 Å². The molecule has 0 spiro atoms. The number of hydrogen-bond acceptors (Lipinski definition) is 2. The third-order valence-electron chi connectivity index (χ3n) is 5.13. The maximum atomic E-state index is 13.7. The Bertz CT molecular complexity index is 1110. The third-order valence-corrected chi connectivity index (χ3v) is 5.13. The Hall–Kier alpha value is -3.67. The Morgan fingerprint density at radius 3 is 2.67 bits per heavy atom. The molecule has 0 atom stereocenters. The quantitative estimate of drug-likeness (QED) is 0.666. The first-order chi connectivity index (χ1) is 14.5. The minimum atomic E-state index is -0.492. The molecule has 3 aromatic rings. The van der Waals surface area contributed by atoms with Crippen molar-refractivity contribution in [2.75, 3.05) is 16.8 Å². The highest BCUT2D eigenvalue weighted by Gasteiger charge is 2.25. The number of anilines is 2. The zero-order valence-corrected chi connectivity index (χ0v) is 16.6. The van der Waals surface area contributed by atoms with E-state index in [0.717, 1.165) is 28.8 Å². The normalized spacial score (nSPS) is 12.4. The number of hydrogen-bond donors (Lipinski definition) is 2. The van der Waals surface area contributed by atoms with Gasteiger partial charge in [0.15, 0.2) is 0 Å². The molecule has 0 fully saturated rings. The van der Waals surface area contributed by atoms with Gasteiger partial charge in [0.05, 0.1) is 5.69 Å². The highest BCUT2D eigenvalue weighted by Crippen LogP contribution is 2.30. The van der Waals surface area contributed by atoms with Crippen molar-refractivity contribution in [3.63, 3.8) is 0 Å². The predicted molar refractivity (Wildman–Crippen MR) is 115 cm³/mol. The molecule has 4 rings (SSSR count). The summed E-state index contributed by atoms with van der Waals surface area (Å²) in [5, 5.41) is 5.23. The van der Waals surface area contributed by atoms with Crippen molar-refractivity contribution in [3.8, 4) is 0 Å². The maximum absolute atomic E-state index is 13.7. The van der Waals surface area contributed by atoms with Crippen molar-refractivity contribution in [3.05, 3.63) is 94.8 Å². The summed E-state index contributed by atoms with van der Waals surface area (Å²) >= 11 is 0. The van der Waals surface area contributed by atoms with Crippen LogP contribution in [-0.2, 0) is 13.0 Å². The van der Waals surface area contributed by atoms with Gasteiger partial charge >= 0.3 is 6.03 Å². The van der Waals surface area contributed by atoms with Gasteiger partial charge in [-0.05, 0) is 54.8 Å². The summed E-state index contributed by atoms with van der Waals surface area (Å²) < 4.78 is 13.7. The van der Waals surface area contributed by atoms with Gasteiger partial charge < -0.3 is 15.5 Å². The molecular formula is C24H22FN3O2. The SMILES string of the molecule is Cc1cccc(C(=O)N2CCc3ccc(CNC(=O)Nc4ccccc4F)cc32)c1. The Balaban J connectivity index is 1.45. The highest BCUT2D eigenvalue weighted by molar-refractivity contribution is 6.07. The summed E-state index contributed by atoms with van der Waals surface area (Å²) in [6, 6.07) is 18.9. The lowest BCUT2D eigenvalue weighted by Gasteiger charge is -2.18.